The summed E-state index contributed by atoms with van der Waals surface area (Å²) in [5.74, 6) is 3.59. The van der Waals surface area contributed by atoms with Gasteiger partial charge in [-0.3, -0.25) is 4.79 Å². The second kappa shape index (κ2) is 10.8. The molecular weight excluding hydrogens is 518 g/mol. The molecule has 12 heteroatoms. The molecule has 6 rings (SSSR count). The molecule has 1 atom stereocenters. The van der Waals surface area contributed by atoms with Crippen molar-refractivity contribution in [2.24, 2.45) is 11.7 Å². The van der Waals surface area contributed by atoms with E-state index in [0.717, 1.165) is 48.0 Å². The molecule has 3 aromatic heterocycles. The molecule has 2 aliphatic rings. The van der Waals surface area contributed by atoms with Gasteiger partial charge in [-0.1, -0.05) is 11.8 Å². The van der Waals surface area contributed by atoms with Crippen molar-refractivity contribution < 1.29 is 18.7 Å². The maximum atomic E-state index is 12.0. The highest BCUT2D eigenvalue weighted by Crippen LogP contribution is 2.44. The van der Waals surface area contributed by atoms with Crippen molar-refractivity contribution in [3.8, 4) is 22.8 Å². The first kappa shape index (κ1) is 25.5. The van der Waals surface area contributed by atoms with Crippen LogP contribution < -0.4 is 20.9 Å². The number of furan rings is 1. The minimum Gasteiger partial charge on any atom is -0.486 e. The van der Waals surface area contributed by atoms with Crippen molar-refractivity contribution in [2.75, 3.05) is 32.0 Å². The predicted octanol–water partition coefficient (Wildman–Crippen LogP) is 3.70. The highest BCUT2D eigenvalue weighted by molar-refractivity contribution is 7.99. The van der Waals surface area contributed by atoms with Crippen molar-refractivity contribution in [1.82, 2.24) is 24.4 Å². The highest BCUT2D eigenvalue weighted by atomic mass is 32.2. The fourth-order valence-electron chi connectivity index (χ4n) is 5.19. The van der Waals surface area contributed by atoms with Crippen molar-refractivity contribution in [3.05, 3.63) is 36.4 Å². The number of rotatable bonds is 7. The Morgan fingerprint density at radius 3 is 2.77 bits per heavy atom. The van der Waals surface area contributed by atoms with Gasteiger partial charge in [-0.25, -0.2) is 15.0 Å². The van der Waals surface area contributed by atoms with Crippen molar-refractivity contribution in [2.45, 2.75) is 49.3 Å². The number of imidazole rings is 1. The number of nitrogen functional groups attached to an aromatic ring is 1. The number of aromatic nitrogens is 4. The molecule has 4 aromatic rings. The molecule has 0 bridgehead atoms. The average molecular weight is 550 g/mol. The molecule has 1 aromatic carbocycles. The number of benzene rings is 1. The molecule has 1 fully saturated rings. The van der Waals surface area contributed by atoms with E-state index in [4.69, 9.17) is 30.3 Å². The van der Waals surface area contributed by atoms with E-state index < -0.39 is 0 Å². The number of aryl methyl sites for hydroxylation is 1. The lowest BCUT2D eigenvalue weighted by Gasteiger charge is -2.32. The van der Waals surface area contributed by atoms with E-state index >= 15 is 0 Å². The van der Waals surface area contributed by atoms with Crippen LogP contribution in [0, 0.1) is 5.92 Å². The zero-order valence-electron chi connectivity index (χ0n) is 21.8. The van der Waals surface area contributed by atoms with Gasteiger partial charge in [-0.2, -0.15) is 0 Å². The van der Waals surface area contributed by atoms with Gasteiger partial charge in [0.25, 0.3) is 0 Å². The number of fused-ring (bicyclic) bond motifs is 2. The molecule has 0 aliphatic carbocycles. The minimum atomic E-state index is 0.131. The van der Waals surface area contributed by atoms with Gasteiger partial charge >= 0.3 is 0 Å². The molecule has 11 nitrogen and oxygen atoms in total. The summed E-state index contributed by atoms with van der Waals surface area (Å²) in [6.07, 6.45) is 4.46. The Morgan fingerprint density at radius 2 is 2.00 bits per heavy atom. The Bertz CT molecular complexity index is 1520. The Balaban J connectivity index is 1.37. The summed E-state index contributed by atoms with van der Waals surface area (Å²) in [6.45, 7) is 5.21. The molecule has 1 unspecified atom stereocenters. The topological polar surface area (TPSA) is 148 Å². The van der Waals surface area contributed by atoms with E-state index in [2.05, 4.69) is 14.5 Å². The smallest absolute Gasteiger partial charge is 0.219 e. The van der Waals surface area contributed by atoms with Crippen molar-refractivity contribution in [1.29, 1.82) is 0 Å². The standard InChI is InChI=1S/C27H31N7O4S/c1-16(35)33-7-2-3-17(14-33)6-8-34-26-24(25(29)30-15-31-26)32-27(34)39-23-12-22-21(36-9-10-37-22)11-19(23)20-5-4-18(13-28)38-20/h4-5,11-12,15,17H,2-3,6-10,13-14,28H2,1H3,(H2,29,30,31). The third kappa shape index (κ3) is 5.13. The van der Waals surface area contributed by atoms with Gasteiger partial charge in [0.15, 0.2) is 33.6 Å². The lowest BCUT2D eigenvalue weighted by atomic mass is 9.95. The number of ether oxygens (including phenoxy) is 2. The number of nitrogens with two attached hydrogens (primary N) is 2. The first-order chi connectivity index (χ1) is 19.0. The fourth-order valence-corrected chi connectivity index (χ4v) is 6.25. The van der Waals surface area contributed by atoms with Gasteiger partial charge in [-0.05, 0) is 49.4 Å². The number of hydrogen-bond donors (Lipinski definition) is 2. The molecule has 0 radical (unpaired) electrons. The number of amides is 1. The van der Waals surface area contributed by atoms with E-state index in [9.17, 15) is 4.79 Å². The molecule has 0 spiro atoms. The predicted molar refractivity (Wildman–Crippen MR) is 146 cm³/mol. The number of anilines is 1. The minimum absolute atomic E-state index is 0.131. The molecule has 4 N–H and O–H groups in total. The zero-order chi connectivity index (χ0) is 26.9. The SMILES string of the molecule is CC(=O)N1CCCC(CCn2c(Sc3cc4c(cc3-c3ccc(CN)o3)OCCO4)nc3c(N)ncnc32)C1. The van der Waals surface area contributed by atoms with Crippen LogP contribution in [0.15, 0.2) is 45.1 Å². The van der Waals surface area contributed by atoms with Gasteiger partial charge in [0.1, 0.15) is 31.1 Å². The molecule has 5 heterocycles. The van der Waals surface area contributed by atoms with Crippen LogP contribution in [0.3, 0.4) is 0 Å². The Hall–Kier alpha value is -3.77. The third-order valence-corrected chi connectivity index (χ3v) is 8.28. The summed E-state index contributed by atoms with van der Waals surface area (Å²) >= 11 is 1.49. The van der Waals surface area contributed by atoms with Crippen molar-refractivity contribution >= 4 is 34.7 Å². The van der Waals surface area contributed by atoms with Crippen LogP contribution >= 0.6 is 11.8 Å². The van der Waals surface area contributed by atoms with Crippen LogP contribution in [0.2, 0.25) is 0 Å². The summed E-state index contributed by atoms with van der Waals surface area (Å²) in [5, 5.41) is 0.736. The second-order valence-electron chi connectivity index (χ2n) is 9.80. The summed E-state index contributed by atoms with van der Waals surface area (Å²) in [5.41, 5.74) is 14.1. The molecule has 2 aliphatic heterocycles. The number of piperidine rings is 1. The van der Waals surface area contributed by atoms with E-state index in [-0.39, 0.29) is 5.91 Å². The van der Waals surface area contributed by atoms with Gasteiger partial charge < -0.3 is 34.8 Å². The molecule has 1 saturated heterocycles. The zero-order valence-corrected chi connectivity index (χ0v) is 22.6. The Morgan fingerprint density at radius 1 is 1.18 bits per heavy atom. The van der Waals surface area contributed by atoms with Crippen LogP contribution in [-0.4, -0.2) is 56.6 Å². The third-order valence-electron chi connectivity index (χ3n) is 7.22. The van der Waals surface area contributed by atoms with Crippen molar-refractivity contribution in [3.63, 3.8) is 0 Å². The molecule has 1 amide bonds. The molecule has 39 heavy (non-hydrogen) atoms. The maximum Gasteiger partial charge on any atom is 0.219 e. The Labute approximate surface area is 229 Å². The summed E-state index contributed by atoms with van der Waals surface area (Å²) in [7, 11) is 0. The van der Waals surface area contributed by atoms with Gasteiger partial charge in [0.2, 0.25) is 5.91 Å². The fraction of sp³-hybridized carbons (Fsp3) is 0.407. The number of carbonyl (C=O) groups excluding carboxylic acids is 1. The van der Waals surface area contributed by atoms with E-state index in [1.807, 2.05) is 29.2 Å². The van der Waals surface area contributed by atoms with Gasteiger partial charge in [-0.15, -0.1) is 0 Å². The molecule has 0 saturated carbocycles. The number of hydrogen-bond acceptors (Lipinski definition) is 10. The van der Waals surface area contributed by atoms with Crippen LogP contribution in [0.1, 0.15) is 31.9 Å². The maximum absolute atomic E-state index is 12.0. The normalized spacial score (nSPS) is 17.1. The molecule has 204 valence electrons. The first-order valence-electron chi connectivity index (χ1n) is 13.1. The number of likely N-dealkylation sites (tertiary alicyclic amines) is 1. The van der Waals surface area contributed by atoms with Crippen LogP contribution in [0.25, 0.3) is 22.5 Å². The van der Waals surface area contributed by atoms with Gasteiger partial charge in [0.05, 0.1) is 6.54 Å². The van der Waals surface area contributed by atoms with E-state index in [0.29, 0.717) is 72.2 Å². The molecular formula is C27H31N7O4S. The lowest BCUT2D eigenvalue weighted by molar-refractivity contribution is -0.130. The quantitative estimate of drug-likeness (QED) is 0.350. The lowest BCUT2D eigenvalue weighted by Crippen LogP contribution is -2.38. The first-order valence-corrected chi connectivity index (χ1v) is 13.9. The van der Waals surface area contributed by atoms with Crippen LogP contribution in [0.4, 0.5) is 5.82 Å². The monoisotopic (exact) mass is 549 g/mol. The van der Waals surface area contributed by atoms with Gasteiger partial charge in [0, 0.05) is 37.0 Å². The largest absolute Gasteiger partial charge is 0.486 e. The highest BCUT2D eigenvalue weighted by Gasteiger charge is 2.25. The summed E-state index contributed by atoms with van der Waals surface area (Å²) in [4.78, 5) is 28.4. The summed E-state index contributed by atoms with van der Waals surface area (Å²) in [6, 6.07) is 7.69. The van der Waals surface area contributed by atoms with Crippen LogP contribution in [0.5, 0.6) is 11.5 Å². The van der Waals surface area contributed by atoms with Crippen LogP contribution in [-0.2, 0) is 17.9 Å². The number of carbonyl (C=O) groups is 1. The Kier molecular flexibility index (Phi) is 7.05. The summed E-state index contributed by atoms with van der Waals surface area (Å²) < 4.78 is 19.9. The number of nitrogens with zero attached hydrogens (tertiary/aromatic N) is 5. The average Bonchev–Trinajstić information content (AvgIpc) is 3.57. The van der Waals surface area contributed by atoms with E-state index in [1.54, 1.807) is 6.92 Å². The second-order valence-corrected chi connectivity index (χ2v) is 10.8. The van der Waals surface area contributed by atoms with E-state index in [1.165, 1.54) is 18.1 Å².